The lowest BCUT2D eigenvalue weighted by Crippen LogP contribution is -2.46. The van der Waals surface area contributed by atoms with Gasteiger partial charge in [0.2, 0.25) is 0 Å². The summed E-state index contributed by atoms with van der Waals surface area (Å²) in [7, 11) is 1.49. The van der Waals surface area contributed by atoms with Crippen LogP contribution in [0.3, 0.4) is 0 Å². The molecule has 128 valence electrons. The van der Waals surface area contributed by atoms with E-state index in [1.165, 1.54) is 7.11 Å². The minimum atomic E-state index is -0.820. The Hall–Kier alpha value is -2.26. The van der Waals surface area contributed by atoms with Crippen molar-refractivity contribution in [2.24, 2.45) is 0 Å². The van der Waals surface area contributed by atoms with Crippen LogP contribution in [0.15, 0.2) is 18.2 Å². The molecule has 1 aliphatic carbocycles. The largest absolute Gasteiger partial charge is 0.496 e. The van der Waals surface area contributed by atoms with Crippen LogP contribution in [0.4, 0.5) is 0 Å². The van der Waals surface area contributed by atoms with Crippen LogP contribution >= 0.6 is 11.6 Å². The second-order valence-electron chi connectivity index (χ2n) is 5.74. The number of esters is 1. The molecule has 0 atom stereocenters. The lowest BCUT2D eigenvalue weighted by Gasteiger charge is -2.21. The smallest absolute Gasteiger partial charge is 0.310 e. The number of hydrogen-bond donors (Lipinski definition) is 1. The summed E-state index contributed by atoms with van der Waals surface area (Å²) >= 11 is 5.91. The van der Waals surface area contributed by atoms with Gasteiger partial charge in [0.15, 0.2) is 6.61 Å². The van der Waals surface area contributed by atoms with Crippen LogP contribution in [-0.2, 0) is 20.7 Å². The van der Waals surface area contributed by atoms with Gasteiger partial charge in [-0.2, -0.15) is 5.26 Å². The van der Waals surface area contributed by atoms with E-state index in [4.69, 9.17) is 21.1 Å². The predicted octanol–water partition coefficient (Wildman–Crippen LogP) is 2.39. The lowest BCUT2D eigenvalue weighted by atomic mass is 10.00. The molecule has 2 rings (SSSR count). The molecular weight excluding hydrogens is 332 g/mol. The Labute approximate surface area is 145 Å². The summed E-state index contributed by atoms with van der Waals surface area (Å²) in [6.45, 7) is -0.412. The molecule has 0 bridgehead atoms. The molecule has 1 fully saturated rings. The van der Waals surface area contributed by atoms with Crippen molar-refractivity contribution in [2.75, 3.05) is 13.7 Å². The van der Waals surface area contributed by atoms with Crippen molar-refractivity contribution in [1.82, 2.24) is 5.32 Å². The molecule has 1 N–H and O–H groups in total. The van der Waals surface area contributed by atoms with E-state index >= 15 is 0 Å². The third-order valence-electron chi connectivity index (χ3n) is 3.99. The quantitative estimate of drug-likeness (QED) is 0.796. The van der Waals surface area contributed by atoms with E-state index in [-0.39, 0.29) is 6.42 Å². The van der Waals surface area contributed by atoms with E-state index in [1.807, 2.05) is 0 Å². The molecule has 6 nitrogen and oxygen atoms in total. The first-order valence-electron chi connectivity index (χ1n) is 7.68. The van der Waals surface area contributed by atoms with Gasteiger partial charge in [-0.15, -0.1) is 0 Å². The molecular formula is C17H19ClN2O4. The summed E-state index contributed by atoms with van der Waals surface area (Å²) in [5.74, 6) is -0.511. The summed E-state index contributed by atoms with van der Waals surface area (Å²) in [4.78, 5) is 23.8. The topological polar surface area (TPSA) is 88.4 Å². The molecule has 0 aromatic heterocycles. The van der Waals surface area contributed by atoms with Gasteiger partial charge < -0.3 is 14.8 Å². The highest BCUT2D eigenvalue weighted by atomic mass is 35.5. The van der Waals surface area contributed by atoms with Gasteiger partial charge in [0.25, 0.3) is 5.91 Å². The van der Waals surface area contributed by atoms with Crippen molar-refractivity contribution in [1.29, 1.82) is 5.26 Å². The van der Waals surface area contributed by atoms with Gasteiger partial charge in [-0.05, 0) is 43.9 Å². The fourth-order valence-electron chi connectivity index (χ4n) is 2.78. The van der Waals surface area contributed by atoms with Crippen LogP contribution in [0, 0.1) is 11.3 Å². The fourth-order valence-corrected chi connectivity index (χ4v) is 2.98. The zero-order valence-electron chi connectivity index (χ0n) is 13.4. The van der Waals surface area contributed by atoms with Crippen LogP contribution in [0.5, 0.6) is 5.75 Å². The molecule has 7 heteroatoms. The number of nitrogens with zero attached hydrogens (tertiary/aromatic N) is 1. The fraction of sp³-hybridized carbons (Fsp3) is 0.471. The molecule has 1 aromatic carbocycles. The number of benzene rings is 1. The molecule has 0 unspecified atom stereocenters. The highest BCUT2D eigenvalue weighted by molar-refractivity contribution is 6.30. The summed E-state index contributed by atoms with van der Waals surface area (Å²) in [6.07, 6.45) is 3.01. The lowest BCUT2D eigenvalue weighted by molar-refractivity contribution is -0.148. The van der Waals surface area contributed by atoms with Gasteiger partial charge in [0, 0.05) is 10.6 Å². The number of rotatable bonds is 6. The number of halogens is 1. The molecule has 24 heavy (non-hydrogen) atoms. The van der Waals surface area contributed by atoms with Gasteiger partial charge in [0.05, 0.1) is 19.6 Å². The van der Waals surface area contributed by atoms with Crippen LogP contribution < -0.4 is 10.1 Å². The maximum Gasteiger partial charge on any atom is 0.310 e. The Balaban J connectivity index is 1.86. The number of hydrogen-bond acceptors (Lipinski definition) is 5. The molecule has 0 saturated heterocycles. The first-order chi connectivity index (χ1) is 11.5. The Bertz CT molecular complexity index is 663. The van der Waals surface area contributed by atoms with Gasteiger partial charge in [-0.3, -0.25) is 9.59 Å². The van der Waals surface area contributed by atoms with Crippen LogP contribution in [-0.4, -0.2) is 31.1 Å². The first-order valence-corrected chi connectivity index (χ1v) is 8.06. The van der Waals surface area contributed by atoms with E-state index in [0.717, 1.165) is 12.8 Å². The third-order valence-corrected chi connectivity index (χ3v) is 4.23. The van der Waals surface area contributed by atoms with Crippen molar-refractivity contribution >= 4 is 23.5 Å². The van der Waals surface area contributed by atoms with Gasteiger partial charge >= 0.3 is 5.97 Å². The summed E-state index contributed by atoms with van der Waals surface area (Å²) < 4.78 is 10.1. The summed E-state index contributed by atoms with van der Waals surface area (Å²) in [5, 5.41) is 12.4. The number of carbonyl (C=O) groups excluding carboxylic acids is 2. The predicted molar refractivity (Wildman–Crippen MR) is 87.6 cm³/mol. The summed E-state index contributed by atoms with van der Waals surface area (Å²) in [5.41, 5.74) is -0.237. The van der Waals surface area contributed by atoms with Crippen LogP contribution in [0.1, 0.15) is 31.2 Å². The first kappa shape index (κ1) is 18.1. The van der Waals surface area contributed by atoms with Crippen molar-refractivity contribution < 1.29 is 19.1 Å². The molecule has 0 aliphatic heterocycles. The molecule has 1 aromatic rings. The zero-order valence-corrected chi connectivity index (χ0v) is 14.2. The Morgan fingerprint density at radius 3 is 2.71 bits per heavy atom. The highest BCUT2D eigenvalue weighted by Crippen LogP contribution is 2.28. The zero-order chi connectivity index (χ0) is 17.6. The standard InChI is InChI=1S/C17H19ClN2O4/c1-23-14-5-4-13(18)8-12(14)9-16(22)24-10-15(21)20-17(11-19)6-2-3-7-17/h4-5,8H,2-3,6-7,9-10H2,1H3,(H,20,21). The van der Waals surface area contributed by atoms with Crippen molar-refractivity contribution in [3.05, 3.63) is 28.8 Å². The third kappa shape index (κ3) is 4.62. The molecule has 0 radical (unpaired) electrons. The van der Waals surface area contributed by atoms with E-state index in [1.54, 1.807) is 18.2 Å². The summed E-state index contributed by atoms with van der Waals surface area (Å²) in [6, 6.07) is 7.09. The van der Waals surface area contributed by atoms with Crippen molar-refractivity contribution in [3.63, 3.8) is 0 Å². The van der Waals surface area contributed by atoms with Crippen molar-refractivity contribution in [3.8, 4) is 11.8 Å². The Morgan fingerprint density at radius 1 is 1.38 bits per heavy atom. The van der Waals surface area contributed by atoms with E-state index < -0.39 is 24.0 Å². The molecule has 1 saturated carbocycles. The van der Waals surface area contributed by atoms with Crippen molar-refractivity contribution in [2.45, 2.75) is 37.6 Å². The number of ether oxygens (including phenoxy) is 2. The maximum atomic E-state index is 11.9. The Kier molecular flexibility index (Phi) is 6.04. The van der Waals surface area contributed by atoms with E-state index in [9.17, 15) is 14.9 Å². The van der Waals surface area contributed by atoms with Crippen LogP contribution in [0.2, 0.25) is 5.02 Å². The molecule has 1 aliphatic rings. The van der Waals surface area contributed by atoms with E-state index in [0.29, 0.717) is 29.2 Å². The normalized spacial score (nSPS) is 15.4. The molecule has 1 amide bonds. The number of carbonyl (C=O) groups is 2. The van der Waals surface area contributed by atoms with E-state index in [2.05, 4.69) is 11.4 Å². The SMILES string of the molecule is COc1ccc(Cl)cc1CC(=O)OCC(=O)NC1(C#N)CCCC1. The monoisotopic (exact) mass is 350 g/mol. The average Bonchev–Trinajstić information content (AvgIpc) is 3.02. The number of methoxy groups -OCH3 is 1. The van der Waals surface area contributed by atoms with Gasteiger partial charge in [0.1, 0.15) is 11.3 Å². The van der Waals surface area contributed by atoms with Crippen LogP contribution in [0.25, 0.3) is 0 Å². The second-order valence-corrected chi connectivity index (χ2v) is 6.18. The molecule has 0 spiro atoms. The highest BCUT2D eigenvalue weighted by Gasteiger charge is 2.35. The van der Waals surface area contributed by atoms with Gasteiger partial charge in [-0.25, -0.2) is 0 Å². The maximum absolute atomic E-state index is 11.9. The minimum Gasteiger partial charge on any atom is -0.496 e. The Morgan fingerprint density at radius 2 is 2.08 bits per heavy atom. The minimum absolute atomic E-state index is 0.0552. The molecule has 0 heterocycles. The number of nitrogens with one attached hydrogen (secondary N) is 1. The average molecular weight is 351 g/mol. The number of nitriles is 1. The number of amides is 1. The van der Waals surface area contributed by atoms with Gasteiger partial charge in [-0.1, -0.05) is 11.6 Å². The second kappa shape index (κ2) is 8.02.